The second-order valence-electron chi connectivity index (χ2n) is 12.0. The zero-order valence-electron chi connectivity index (χ0n) is 28.3. The molecule has 46 heavy (non-hydrogen) atoms. The average molecular weight is 659 g/mol. The highest BCUT2D eigenvalue weighted by Gasteiger charge is 2.15. The number of nitrogens with one attached hydrogen (secondary N) is 2. The maximum atomic E-state index is 12.1. The Morgan fingerprint density at radius 1 is 0.565 bits per heavy atom. The fourth-order valence-electron chi connectivity index (χ4n) is 4.52. The van der Waals surface area contributed by atoms with Gasteiger partial charge in [-0.2, -0.15) is 0 Å². The van der Waals surface area contributed by atoms with Crippen LogP contribution in [0.25, 0.3) is 0 Å². The standard InChI is InChI=1S/C32H62N6O8/c1-3-27(2)15-7-8-16-30(41)36(44)25-13-5-10-22-34-29(40)18-20-32(43)38(46)26-14-6-11-23-35-28(39)17-19-31(42)37(45)24-12-4-9-21-33/h27,44-46H,3-26,33H2,1-2H3,(H,34,40)(H,35,39). The van der Waals surface area contributed by atoms with E-state index in [2.05, 4.69) is 24.5 Å². The van der Waals surface area contributed by atoms with E-state index < -0.39 is 11.8 Å². The molecular formula is C32H62N6O8. The van der Waals surface area contributed by atoms with Crippen LogP contribution >= 0.6 is 0 Å². The van der Waals surface area contributed by atoms with Gasteiger partial charge in [-0.15, -0.1) is 0 Å². The highest BCUT2D eigenvalue weighted by atomic mass is 16.5. The van der Waals surface area contributed by atoms with Gasteiger partial charge in [0.1, 0.15) is 0 Å². The first-order valence-electron chi connectivity index (χ1n) is 17.2. The minimum absolute atomic E-state index is 0.0191. The topological polar surface area (TPSA) is 206 Å². The van der Waals surface area contributed by atoms with Gasteiger partial charge in [-0.05, 0) is 70.3 Å². The van der Waals surface area contributed by atoms with Crippen molar-refractivity contribution >= 4 is 29.5 Å². The molecule has 0 aromatic heterocycles. The van der Waals surface area contributed by atoms with E-state index in [1.807, 2.05) is 0 Å². The molecule has 0 aliphatic carbocycles. The molecule has 1 unspecified atom stereocenters. The molecule has 0 radical (unpaired) electrons. The van der Waals surface area contributed by atoms with Gasteiger partial charge in [0, 0.05) is 64.8 Å². The summed E-state index contributed by atoms with van der Waals surface area (Å²) in [4.78, 5) is 59.9. The van der Waals surface area contributed by atoms with Crippen molar-refractivity contribution in [3.8, 4) is 0 Å². The van der Waals surface area contributed by atoms with Gasteiger partial charge in [-0.3, -0.25) is 39.6 Å². The van der Waals surface area contributed by atoms with Crippen LogP contribution in [-0.4, -0.2) is 99.6 Å². The van der Waals surface area contributed by atoms with Crippen LogP contribution in [0.5, 0.6) is 0 Å². The van der Waals surface area contributed by atoms with Crippen molar-refractivity contribution in [2.75, 3.05) is 39.3 Å². The number of hydrogen-bond donors (Lipinski definition) is 6. The molecule has 0 aliphatic heterocycles. The van der Waals surface area contributed by atoms with E-state index in [4.69, 9.17) is 5.73 Å². The molecule has 7 N–H and O–H groups in total. The van der Waals surface area contributed by atoms with Gasteiger partial charge in [-0.25, -0.2) is 15.2 Å². The lowest BCUT2D eigenvalue weighted by Gasteiger charge is -2.15. The van der Waals surface area contributed by atoms with Gasteiger partial charge in [-0.1, -0.05) is 39.5 Å². The van der Waals surface area contributed by atoms with Crippen molar-refractivity contribution in [1.82, 2.24) is 25.8 Å². The zero-order chi connectivity index (χ0) is 34.6. The van der Waals surface area contributed by atoms with Crippen molar-refractivity contribution in [2.24, 2.45) is 11.7 Å². The van der Waals surface area contributed by atoms with Crippen LogP contribution in [0.3, 0.4) is 0 Å². The summed E-state index contributed by atoms with van der Waals surface area (Å²) < 4.78 is 0. The molecule has 5 amide bonds. The Morgan fingerprint density at radius 2 is 0.978 bits per heavy atom. The summed E-state index contributed by atoms with van der Waals surface area (Å²) in [5.74, 6) is -1.22. The largest absolute Gasteiger partial charge is 0.356 e. The Hall–Kier alpha value is -2.81. The molecule has 0 saturated carbocycles. The molecule has 0 fully saturated rings. The van der Waals surface area contributed by atoms with Gasteiger partial charge in [0.25, 0.3) is 0 Å². The van der Waals surface area contributed by atoms with E-state index in [1.54, 1.807) is 0 Å². The van der Waals surface area contributed by atoms with Crippen LogP contribution in [0.15, 0.2) is 0 Å². The maximum Gasteiger partial charge on any atom is 0.246 e. The molecular weight excluding hydrogens is 596 g/mol. The van der Waals surface area contributed by atoms with Crippen molar-refractivity contribution in [1.29, 1.82) is 0 Å². The van der Waals surface area contributed by atoms with Crippen molar-refractivity contribution in [3.63, 3.8) is 0 Å². The third-order valence-electron chi connectivity index (χ3n) is 7.84. The summed E-state index contributed by atoms with van der Waals surface area (Å²) in [6.45, 7) is 6.32. The zero-order valence-corrected chi connectivity index (χ0v) is 28.3. The SMILES string of the molecule is CCC(C)CCCCC(=O)N(O)CCCCCNC(=O)CCC(=O)N(O)CCCCCNC(=O)CCC(=O)N(O)CCCCCN. The van der Waals surface area contributed by atoms with E-state index in [0.717, 1.165) is 50.0 Å². The number of unbranched alkanes of at least 4 members (excludes halogenated alkanes) is 7. The summed E-state index contributed by atoms with van der Waals surface area (Å²) in [5.41, 5.74) is 5.41. The van der Waals surface area contributed by atoms with Crippen LogP contribution in [0.2, 0.25) is 0 Å². The second kappa shape index (κ2) is 28.4. The normalized spacial score (nSPS) is 11.5. The molecule has 0 aromatic rings. The van der Waals surface area contributed by atoms with Crippen LogP contribution < -0.4 is 16.4 Å². The molecule has 14 nitrogen and oxygen atoms in total. The molecule has 268 valence electrons. The number of carbonyl (C=O) groups is 5. The van der Waals surface area contributed by atoms with Gasteiger partial charge in [0.05, 0.1) is 0 Å². The minimum atomic E-state index is -0.544. The molecule has 0 saturated heterocycles. The highest BCUT2D eigenvalue weighted by molar-refractivity contribution is 5.83. The average Bonchev–Trinajstić information content (AvgIpc) is 3.05. The second-order valence-corrected chi connectivity index (χ2v) is 12.0. The summed E-state index contributed by atoms with van der Waals surface area (Å²) in [7, 11) is 0. The van der Waals surface area contributed by atoms with Crippen molar-refractivity contribution in [3.05, 3.63) is 0 Å². The fourth-order valence-corrected chi connectivity index (χ4v) is 4.52. The van der Waals surface area contributed by atoms with E-state index in [1.165, 1.54) is 0 Å². The lowest BCUT2D eigenvalue weighted by molar-refractivity contribution is -0.166. The first-order valence-corrected chi connectivity index (χ1v) is 17.2. The Balaban J connectivity index is 3.78. The number of nitrogens with zero attached hydrogens (tertiary/aromatic N) is 3. The van der Waals surface area contributed by atoms with E-state index >= 15 is 0 Å². The predicted octanol–water partition coefficient (Wildman–Crippen LogP) is 3.51. The van der Waals surface area contributed by atoms with E-state index in [0.29, 0.717) is 80.6 Å². The van der Waals surface area contributed by atoms with Crippen molar-refractivity contribution < 1.29 is 39.6 Å². The number of hydroxylamine groups is 6. The molecule has 0 bridgehead atoms. The number of hydrogen-bond acceptors (Lipinski definition) is 9. The number of carbonyl (C=O) groups excluding carboxylic acids is 5. The molecule has 0 heterocycles. The minimum Gasteiger partial charge on any atom is -0.356 e. The summed E-state index contributed by atoms with van der Waals surface area (Å²) >= 11 is 0. The van der Waals surface area contributed by atoms with Crippen LogP contribution in [0.1, 0.15) is 129 Å². The van der Waals surface area contributed by atoms with Gasteiger partial charge >= 0.3 is 0 Å². The Kier molecular flexibility index (Phi) is 26.7. The highest BCUT2D eigenvalue weighted by Crippen LogP contribution is 2.13. The Bertz CT molecular complexity index is 862. The smallest absolute Gasteiger partial charge is 0.246 e. The van der Waals surface area contributed by atoms with Crippen molar-refractivity contribution in [2.45, 2.75) is 129 Å². The third-order valence-corrected chi connectivity index (χ3v) is 7.84. The van der Waals surface area contributed by atoms with Crippen LogP contribution in [0.4, 0.5) is 0 Å². The third kappa shape index (κ3) is 24.4. The molecule has 14 heteroatoms. The van der Waals surface area contributed by atoms with E-state index in [9.17, 15) is 39.6 Å². The fraction of sp³-hybridized carbons (Fsp3) is 0.844. The first kappa shape index (κ1) is 43.2. The lowest BCUT2D eigenvalue weighted by atomic mass is 10.0. The maximum absolute atomic E-state index is 12.1. The quantitative estimate of drug-likeness (QED) is 0.0394. The molecule has 0 aliphatic rings. The monoisotopic (exact) mass is 658 g/mol. The van der Waals surface area contributed by atoms with Crippen LogP contribution in [0, 0.1) is 5.92 Å². The number of nitrogens with two attached hydrogens (primary N) is 1. The predicted molar refractivity (Wildman–Crippen MR) is 174 cm³/mol. The molecule has 0 spiro atoms. The number of rotatable bonds is 29. The number of amides is 5. The summed E-state index contributed by atoms with van der Waals surface area (Å²) in [6.07, 6.45) is 10.2. The molecule has 0 aromatic carbocycles. The van der Waals surface area contributed by atoms with Gasteiger partial charge < -0.3 is 16.4 Å². The molecule has 0 rings (SSSR count). The van der Waals surface area contributed by atoms with E-state index in [-0.39, 0.29) is 63.0 Å². The summed E-state index contributed by atoms with van der Waals surface area (Å²) in [6, 6.07) is 0. The lowest BCUT2D eigenvalue weighted by Crippen LogP contribution is -2.31. The Labute approximate surface area is 275 Å². The van der Waals surface area contributed by atoms with Gasteiger partial charge in [0.2, 0.25) is 29.5 Å². The van der Waals surface area contributed by atoms with Crippen LogP contribution in [-0.2, 0) is 24.0 Å². The van der Waals surface area contributed by atoms with Gasteiger partial charge in [0.15, 0.2) is 0 Å². The molecule has 1 atom stereocenters. The Morgan fingerprint density at radius 3 is 1.39 bits per heavy atom. The first-order chi connectivity index (χ1) is 22.0. The summed E-state index contributed by atoms with van der Waals surface area (Å²) in [5, 5.41) is 37.0.